The van der Waals surface area contributed by atoms with Gasteiger partial charge in [-0.15, -0.1) is 0 Å². The van der Waals surface area contributed by atoms with Crippen molar-refractivity contribution in [3.05, 3.63) is 53.7 Å². The number of nitrogens with zero attached hydrogens (tertiary/aromatic N) is 2. The number of fused-ring (bicyclic) bond motifs is 1. The van der Waals surface area contributed by atoms with E-state index in [1.54, 1.807) is 36.4 Å². The number of rotatable bonds is 3. The van der Waals surface area contributed by atoms with Crippen LogP contribution in [0.4, 0.5) is 5.69 Å². The summed E-state index contributed by atoms with van der Waals surface area (Å²) in [4.78, 5) is 29.7. The Bertz CT molecular complexity index is 744. The minimum absolute atomic E-state index is 0.103. The zero-order valence-electron chi connectivity index (χ0n) is 11.9. The summed E-state index contributed by atoms with van der Waals surface area (Å²) < 4.78 is 5.11. The smallest absolute Gasteiger partial charge is 0.312 e. The number of pyridine rings is 1. The number of aromatic nitrogens is 1. The van der Waals surface area contributed by atoms with Crippen LogP contribution in [-0.2, 0) is 4.79 Å². The van der Waals surface area contributed by atoms with Gasteiger partial charge >= 0.3 is 5.97 Å². The van der Waals surface area contributed by atoms with E-state index >= 15 is 0 Å². The lowest BCUT2D eigenvalue weighted by Crippen LogP contribution is -2.31. The summed E-state index contributed by atoms with van der Waals surface area (Å²) in [5.41, 5.74) is 1.57. The van der Waals surface area contributed by atoms with E-state index in [1.165, 1.54) is 18.2 Å². The zero-order valence-corrected chi connectivity index (χ0v) is 11.9. The fraction of sp³-hybridized carbons (Fsp3) is 0.188. The van der Waals surface area contributed by atoms with Crippen molar-refractivity contribution in [1.29, 1.82) is 0 Å². The van der Waals surface area contributed by atoms with Gasteiger partial charge in [0.05, 0.1) is 7.11 Å². The molecule has 0 bridgehead atoms. The molecule has 2 aromatic rings. The third-order valence-electron chi connectivity index (χ3n) is 3.71. The van der Waals surface area contributed by atoms with E-state index in [4.69, 9.17) is 4.74 Å². The second-order valence-electron chi connectivity index (χ2n) is 4.93. The summed E-state index contributed by atoms with van der Waals surface area (Å²) in [6.45, 7) is 0.103. The molecule has 6 heteroatoms. The number of carbonyl (C=O) groups excluding carboxylic acids is 1. The minimum Gasteiger partial charge on any atom is -0.481 e. The van der Waals surface area contributed by atoms with Crippen LogP contribution >= 0.6 is 0 Å². The van der Waals surface area contributed by atoms with Gasteiger partial charge in [0.15, 0.2) is 0 Å². The number of aliphatic carboxylic acids is 1. The second kappa shape index (κ2) is 5.48. The lowest BCUT2D eigenvalue weighted by atomic mass is 10.0. The van der Waals surface area contributed by atoms with Crippen LogP contribution in [0.2, 0.25) is 0 Å². The highest BCUT2D eigenvalue weighted by Gasteiger charge is 2.37. The molecular formula is C16H14N2O4. The number of carboxylic acids is 1. The molecule has 0 radical (unpaired) electrons. The number of carboxylic acid groups (broad SMARTS) is 1. The van der Waals surface area contributed by atoms with Gasteiger partial charge < -0.3 is 14.7 Å². The Balaban J connectivity index is 2.03. The first-order chi connectivity index (χ1) is 10.6. The summed E-state index contributed by atoms with van der Waals surface area (Å²) in [5.74, 6) is -1.76. The molecule has 1 aromatic heterocycles. The van der Waals surface area contributed by atoms with E-state index in [9.17, 15) is 14.7 Å². The molecule has 0 fully saturated rings. The molecular weight excluding hydrogens is 284 g/mol. The summed E-state index contributed by atoms with van der Waals surface area (Å²) in [7, 11) is 1.44. The Morgan fingerprint density at radius 1 is 1.27 bits per heavy atom. The molecule has 0 saturated carbocycles. The molecule has 0 aliphatic carbocycles. The standard InChI is InChI=1S/C16H14N2O4/c1-22-14-11(6-4-8-17-14)15(19)18-9-12(16(20)21)10-5-2-3-7-13(10)18/h2-8,12H,9H2,1H3,(H,20,21). The highest BCUT2D eigenvalue weighted by molar-refractivity contribution is 6.10. The van der Waals surface area contributed by atoms with Crippen molar-refractivity contribution in [2.75, 3.05) is 18.6 Å². The maximum absolute atomic E-state index is 12.8. The maximum Gasteiger partial charge on any atom is 0.312 e. The van der Waals surface area contributed by atoms with Gasteiger partial charge in [0.25, 0.3) is 5.91 Å². The van der Waals surface area contributed by atoms with Crippen LogP contribution in [-0.4, -0.2) is 35.6 Å². The number of para-hydroxylation sites is 1. The van der Waals surface area contributed by atoms with Crippen LogP contribution < -0.4 is 9.64 Å². The van der Waals surface area contributed by atoms with Gasteiger partial charge in [-0.3, -0.25) is 9.59 Å². The van der Waals surface area contributed by atoms with Crippen molar-refractivity contribution in [3.63, 3.8) is 0 Å². The average Bonchev–Trinajstić information content (AvgIpc) is 2.94. The molecule has 0 spiro atoms. The average molecular weight is 298 g/mol. The summed E-state index contributed by atoms with van der Waals surface area (Å²) >= 11 is 0. The Labute approximate surface area is 127 Å². The van der Waals surface area contributed by atoms with Gasteiger partial charge in [0, 0.05) is 18.4 Å². The monoisotopic (exact) mass is 298 g/mol. The highest BCUT2D eigenvalue weighted by Crippen LogP contribution is 2.37. The van der Waals surface area contributed by atoms with Crippen LogP contribution in [0.25, 0.3) is 0 Å². The van der Waals surface area contributed by atoms with E-state index in [0.29, 0.717) is 16.8 Å². The van der Waals surface area contributed by atoms with Crippen LogP contribution in [0.1, 0.15) is 21.8 Å². The molecule has 0 saturated heterocycles. The SMILES string of the molecule is COc1ncccc1C(=O)N1CC(C(=O)O)c2ccccc21. The number of amides is 1. The topological polar surface area (TPSA) is 79.7 Å². The van der Waals surface area contributed by atoms with Crippen LogP contribution in [0.5, 0.6) is 5.88 Å². The van der Waals surface area contributed by atoms with Gasteiger partial charge in [-0.2, -0.15) is 0 Å². The van der Waals surface area contributed by atoms with Gasteiger partial charge in [-0.25, -0.2) is 4.98 Å². The molecule has 3 rings (SSSR count). The molecule has 22 heavy (non-hydrogen) atoms. The van der Waals surface area contributed by atoms with E-state index in [1.807, 2.05) is 0 Å². The van der Waals surface area contributed by atoms with Crippen molar-refractivity contribution in [2.45, 2.75) is 5.92 Å². The zero-order chi connectivity index (χ0) is 15.7. The van der Waals surface area contributed by atoms with Gasteiger partial charge in [0.1, 0.15) is 11.5 Å². The highest BCUT2D eigenvalue weighted by atomic mass is 16.5. The van der Waals surface area contributed by atoms with Crippen LogP contribution in [0.15, 0.2) is 42.6 Å². The largest absolute Gasteiger partial charge is 0.481 e. The number of ether oxygens (including phenoxy) is 1. The van der Waals surface area contributed by atoms with E-state index in [2.05, 4.69) is 4.98 Å². The fourth-order valence-electron chi connectivity index (χ4n) is 2.67. The third kappa shape index (κ3) is 2.18. The number of benzene rings is 1. The second-order valence-corrected chi connectivity index (χ2v) is 4.93. The number of carbonyl (C=O) groups is 2. The van der Waals surface area contributed by atoms with E-state index < -0.39 is 11.9 Å². The fourth-order valence-corrected chi connectivity index (χ4v) is 2.67. The molecule has 1 unspecified atom stereocenters. The van der Waals surface area contributed by atoms with E-state index in [0.717, 1.165) is 0 Å². The molecule has 1 amide bonds. The number of hydrogen-bond donors (Lipinski definition) is 1. The Hall–Kier alpha value is -2.89. The van der Waals surface area contributed by atoms with Gasteiger partial charge in [-0.1, -0.05) is 18.2 Å². The van der Waals surface area contributed by atoms with Crippen molar-refractivity contribution < 1.29 is 19.4 Å². The number of methoxy groups -OCH3 is 1. The lowest BCUT2D eigenvalue weighted by molar-refractivity contribution is -0.138. The van der Waals surface area contributed by atoms with Crippen LogP contribution in [0, 0.1) is 0 Å². The molecule has 1 aliphatic rings. The van der Waals surface area contributed by atoms with Crippen molar-refractivity contribution in [3.8, 4) is 5.88 Å². The minimum atomic E-state index is -0.944. The summed E-state index contributed by atoms with van der Waals surface area (Å²) in [5, 5.41) is 9.36. The molecule has 2 heterocycles. The Kier molecular flexibility index (Phi) is 3.50. The van der Waals surface area contributed by atoms with Crippen molar-refractivity contribution >= 4 is 17.6 Å². The summed E-state index contributed by atoms with van der Waals surface area (Å²) in [6, 6.07) is 10.3. The quantitative estimate of drug-likeness (QED) is 0.936. The van der Waals surface area contributed by atoms with Crippen LogP contribution in [0.3, 0.4) is 0 Å². The van der Waals surface area contributed by atoms with Crippen molar-refractivity contribution in [2.24, 2.45) is 0 Å². The first-order valence-corrected chi connectivity index (χ1v) is 6.76. The number of hydrogen-bond acceptors (Lipinski definition) is 4. The van der Waals surface area contributed by atoms with Gasteiger partial charge in [-0.05, 0) is 23.8 Å². The number of anilines is 1. The lowest BCUT2D eigenvalue weighted by Gasteiger charge is -2.18. The van der Waals surface area contributed by atoms with E-state index in [-0.39, 0.29) is 18.3 Å². The van der Waals surface area contributed by atoms with Gasteiger partial charge in [0.2, 0.25) is 5.88 Å². The molecule has 1 aromatic carbocycles. The van der Waals surface area contributed by atoms with Crippen molar-refractivity contribution in [1.82, 2.24) is 4.98 Å². The first-order valence-electron chi connectivity index (χ1n) is 6.76. The molecule has 1 N–H and O–H groups in total. The molecule has 112 valence electrons. The molecule has 1 atom stereocenters. The Morgan fingerprint density at radius 3 is 2.77 bits per heavy atom. The molecule has 1 aliphatic heterocycles. The summed E-state index contributed by atoms with van der Waals surface area (Å²) in [6.07, 6.45) is 1.54. The normalized spacial score (nSPS) is 16.2. The Morgan fingerprint density at radius 2 is 2.05 bits per heavy atom. The maximum atomic E-state index is 12.8. The third-order valence-corrected chi connectivity index (χ3v) is 3.71. The molecule has 6 nitrogen and oxygen atoms in total. The predicted octanol–water partition coefficient (Wildman–Crippen LogP) is 1.92. The first kappa shape index (κ1) is 14.1. The predicted molar refractivity (Wildman–Crippen MR) is 79.3 cm³/mol.